The minimum atomic E-state index is 0.558. The van der Waals surface area contributed by atoms with E-state index >= 15 is 0 Å². The number of hydrogen-bond acceptors (Lipinski definition) is 6. The Hall–Kier alpha value is -2.37. The zero-order valence-corrected chi connectivity index (χ0v) is 11.5. The van der Waals surface area contributed by atoms with Crippen molar-refractivity contribution in [2.75, 3.05) is 41.7 Å². The number of rotatable bonds is 2. The topological polar surface area (TPSA) is 71.2 Å². The normalized spacial score (nSPS) is 15.4. The minimum Gasteiger partial charge on any atom is -0.383 e. The fourth-order valence-electron chi connectivity index (χ4n) is 2.27. The molecule has 104 valence electrons. The molecular formula is C14H18N6. The van der Waals surface area contributed by atoms with Crippen molar-refractivity contribution in [3.05, 3.63) is 36.2 Å². The largest absolute Gasteiger partial charge is 0.383 e. The van der Waals surface area contributed by atoms with Crippen LogP contribution in [0.5, 0.6) is 0 Å². The molecule has 1 saturated heterocycles. The number of anilines is 3. The summed E-state index contributed by atoms with van der Waals surface area (Å²) in [5.74, 6) is 2.30. The highest BCUT2D eigenvalue weighted by molar-refractivity contribution is 5.46. The van der Waals surface area contributed by atoms with Crippen molar-refractivity contribution in [2.45, 2.75) is 6.92 Å². The Bertz CT molecular complexity index is 577. The standard InChI is InChI=1S/C14H18N6/c1-11-10-17-14(18-13(11)15)20-8-6-19(7-9-20)12-4-2-3-5-16-12/h2-5,10H,6-9H2,1H3,(H2,15,17,18). The molecule has 20 heavy (non-hydrogen) atoms. The first-order valence-corrected chi connectivity index (χ1v) is 6.74. The lowest BCUT2D eigenvalue weighted by molar-refractivity contribution is 0.635. The maximum Gasteiger partial charge on any atom is 0.227 e. The average molecular weight is 270 g/mol. The average Bonchev–Trinajstić information content (AvgIpc) is 2.51. The molecule has 0 aliphatic carbocycles. The zero-order chi connectivity index (χ0) is 13.9. The molecule has 0 saturated carbocycles. The number of piperazine rings is 1. The van der Waals surface area contributed by atoms with Gasteiger partial charge in [0.25, 0.3) is 0 Å². The fourth-order valence-corrected chi connectivity index (χ4v) is 2.27. The number of nitrogens with zero attached hydrogens (tertiary/aromatic N) is 5. The Labute approximate surface area is 118 Å². The summed E-state index contributed by atoms with van der Waals surface area (Å²) >= 11 is 0. The van der Waals surface area contributed by atoms with E-state index in [9.17, 15) is 0 Å². The first kappa shape index (κ1) is 12.7. The maximum atomic E-state index is 5.85. The molecule has 1 aliphatic heterocycles. The Balaban J connectivity index is 1.68. The van der Waals surface area contributed by atoms with E-state index < -0.39 is 0 Å². The van der Waals surface area contributed by atoms with Crippen LogP contribution < -0.4 is 15.5 Å². The van der Waals surface area contributed by atoms with Crippen LogP contribution in [0.2, 0.25) is 0 Å². The van der Waals surface area contributed by atoms with Crippen LogP contribution in [-0.2, 0) is 0 Å². The number of hydrogen-bond donors (Lipinski definition) is 1. The molecule has 1 fully saturated rings. The number of nitrogen functional groups attached to an aromatic ring is 1. The molecule has 3 heterocycles. The molecule has 3 rings (SSSR count). The Morgan fingerprint density at radius 1 is 1.05 bits per heavy atom. The SMILES string of the molecule is Cc1cnc(N2CCN(c3ccccn3)CC2)nc1N. The third-order valence-corrected chi connectivity index (χ3v) is 3.53. The van der Waals surface area contributed by atoms with Crippen molar-refractivity contribution in [1.29, 1.82) is 0 Å². The van der Waals surface area contributed by atoms with Gasteiger partial charge >= 0.3 is 0 Å². The van der Waals surface area contributed by atoms with Crippen LogP contribution in [0.1, 0.15) is 5.56 Å². The van der Waals surface area contributed by atoms with Gasteiger partial charge in [-0.3, -0.25) is 0 Å². The van der Waals surface area contributed by atoms with E-state index in [1.807, 2.05) is 31.3 Å². The molecule has 0 atom stereocenters. The highest BCUT2D eigenvalue weighted by Gasteiger charge is 2.20. The second-order valence-corrected chi connectivity index (χ2v) is 4.90. The van der Waals surface area contributed by atoms with Crippen LogP contribution in [-0.4, -0.2) is 41.1 Å². The lowest BCUT2D eigenvalue weighted by Gasteiger charge is -2.35. The molecule has 1 aliphatic rings. The summed E-state index contributed by atoms with van der Waals surface area (Å²) in [5.41, 5.74) is 6.76. The molecule has 6 heteroatoms. The van der Waals surface area contributed by atoms with E-state index in [4.69, 9.17) is 5.73 Å². The second kappa shape index (κ2) is 5.32. The van der Waals surface area contributed by atoms with Gasteiger partial charge in [0.2, 0.25) is 5.95 Å². The molecule has 0 bridgehead atoms. The van der Waals surface area contributed by atoms with Crippen LogP contribution in [0.25, 0.3) is 0 Å². The molecule has 0 amide bonds. The fraction of sp³-hybridized carbons (Fsp3) is 0.357. The summed E-state index contributed by atoms with van der Waals surface area (Å²) in [6.45, 7) is 5.48. The van der Waals surface area contributed by atoms with Crippen molar-refractivity contribution >= 4 is 17.6 Å². The number of nitrogens with two attached hydrogens (primary N) is 1. The molecule has 0 radical (unpaired) electrons. The summed E-state index contributed by atoms with van der Waals surface area (Å²) in [7, 11) is 0. The summed E-state index contributed by atoms with van der Waals surface area (Å²) in [6.07, 6.45) is 3.61. The van der Waals surface area contributed by atoms with Crippen molar-refractivity contribution in [2.24, 2.45) is 0 Å². The zero-order valence-electron chi connectivity index (χ0n) is 11.5. The number of pyridine rings is 1. The summed E-state index contributed by atoms with van der Waals surface area (Å²) < 4.78 is 0. The molecule has 6 nitrogen and oxygen atoms in total. The second-order valence-electron chi connectivity index (χ2n) is 4.90. The highest BCUT2D eigenvalue weighted by atomic mass is 15.3. The molecule has 0 unspecified atom stereocenters. The van der Waals surface area contributed by atoms with Gasteiger partial charge in [-0.25, -0.2) is 9.97 Å². The van der Waals surface area contributed by atoms with E-state index in [1.54, 1.807) is 6.20 Å². The molecule has 2 aromatic heterocycles. The van der Waals surface area contributed by atoms with Gasteiger partial charge in [0, 0.05) is 44.1 Å². The third kappa shape index (κ3) is 2.49. The summed E-state index contributed by atoms with van der Waals surface area (Å²) in [4.78, 5) is 17.5. The van der Waals surface area contributed by atoms with Crippen LogP contribution in [0.4, 0.5) is 17.6 Å². The smallest absolute Gasteiger partial charge is 0.227 e. The number of aromatic nitrogens is 3. The first-order chi connectivity index (χ1) is 9.74. The monoisotopic (exact) mass is 270 g/mol. The minimum absolute atomic E-state index is 0.558. The Morgan fingerprint density at radius 3 is 2.45 bits per heavy atom. The van der Waals surface area contributed by atoms with Gasteiger partial charge in [0.15, 0.2) is 0 Å². The van der Waals surface area contributed by atoms with Crippen molar-refractivity contribution in [3.63, 3.8) is 0 Å². The molecule has 2 N–H and O–H groups in total. The molecule has 0 aromatic carbocycles. The summed E-state index contributed by atoms with van der Waals surface area (Å²) in [6, 6.07) is 5.98. The summed E-state index contributed by atoms with van der Waals surface area (Å²) in [5, 5.41) is 0. The van der Waals surface area contributed by atoms with Crippen LogP contribution in [0, 0.1) is 6.92 Å². The van der Waals surface area contributed by atoms with Gasteiger partial charge in [-0.05, 0) is 19.1 Å². The Morgan fingerprint density at radius 2 is 1.80 bits per heavy atom. The third-order valence-electron chi connectivity index (χ3n) is 3.53. The van der Waals surface area contributed by atoms with E-state index in [0.29, 0.717) is 11.8 Å². The molecule has 0 spiro atoms. The van der Waals surface area contributed by atoms with Crippen molar-refractivity contribution < 1.29 is 0 Å². The molecular weight excluding hydrogens is 252 g/mol. The predicted octanol–water partition coefficient (Wildman–Crippen LogP) is 1.09. The van der Waals surface area contributed by atoms with Crippen molar-refractivity contribution in [1.82, 2.24) is 15.0 Å². The van der Waals surface area contributed by atoms with E-state index in [2.05, 4.69) is 24.8 Å². The highest BCUT2D eigenvalue weighted by Crippen LogP contribution is 2.17. The van der Waals surface area contributed by atoms with Crippen LogP contribution in [0.15, 0.2) is 30.6 Å². The van der Waals surface area contributed by atoms with Crippen LogP contribution in [0.3, 0.4) is 0 Å². The van der Waals surface area contributed by atoms with E-state index in [-0.39, 0.29) is 0 Å². The lowest BCUT2D eigenvalue weighted by atomic mass is 10.3. The Kier molecular flexibility index (Phi) is 3.37. The quantitative estimate of drug-likeness (QED) is 0.880. The van der Waals surface area contributed by atoms with Gasteiger partial charge in [0.05, 0.1) is 0 Å². The van der Waals surface area contributed by atoms with Crippen LogP contribution >= 0.6 is 0 Å². The van der Waals surface area contributed by atoms with E-state index in [0.717, 1.165) is 37.6 Å². The lowest BCUT2D eigenvalue weighted by Crippen LogP contribution is -2.47. The first-order valence-electron chi connectivity index (χ1n) is 6.74. The van der Waals surface area contributed by atoms with E-state index in [1.165, 1.54) is 0 Å². The maximum absolute atomic E-state index is 5.85. The molecule has 2 aromatic rings. The van der Waals surface area contributed by atoms with Gasteiger partial charge in [0.1, 0.15) is 11.6 Å². The van der Waals surface area contributed by atoms with Crippen molar-refractivity contribution in [3.8, 4) is 0 Å². The van der Waals surface area contributed by atoms with Gasteiger partial charge in [-0.1, -0.05) is 6.07 Å². The predicted molar refractivity (Wildman–Crippen MR) is 79.8 cm³/mol. The van der Waals surface area contributed by atoms with Gasteiger partial charge in [-0.2, -0.15) is 4.98 Å². The number of aryl methyl sites for hydroxylation is 1. The van der Waals surface area contributed by atoms with Gasteiger partial charge in [-0.15, -0.1) is 0 Å². The van der Waals surface area contributed by atoms with Gasteiger partial charge < -0.3 is 15.5 Å².